The third-order valence-electron chi connectivity index (χ3n) is 2.78. The average Bonchev–Trinajstić information content (AvgIpc) is 2.72. The van der Waals surface area contributed by atoms with Crippen LogP contribution in [0, 0.1) is 0 Å². The van der Waals surface area contributed by atoms with Crippen molar-refractivity contribution in [1.82, 2.24) is 4.57 Å². The maximum atomic E-state index is 11.3. The van der Waals surface area contributed by atoms with Gasteiger partial charge in [0.25, 0.3) is 0 Å². The van der Waals surface area contributed by atoms with Gasteiger partial charge in [-0.05, 0) is 17.7 Å². The number of benzene rings is 1. The second-order valence-electron chi connectivity index (χ2n) is 4.01. The smallest absolute Gasteiger partial charge is 0.311 e. The van der Waals surface area contributed by atoms with Gasteiger partial charge in [-0.3, -0.25) is 4.79 Å². The van der Waals surface area contributed by atoms with Gasteiger partial charge in [0.1, 0.15) is 0 Å². The van der Waals surface area contributed by atoms with Crippen molar-refractivity contribution in [1.29, 1.82) is 0 Å². The highest BCUT2D eigenvalue weighted by molar-refractivity contribution is 5.72. The van der Waals surface area contributed by atoms with E-state index in [4.69, 9.17) is 0 Å². The van der Waals surface area contributed by atoms with Crippen LogP contribution < -0.4 is 0 Å². The van der Waals surface area contributed by atoms with E-state index in [9.17, 15) is 9.90 Å². The number of esters is 1. The van der Waals surface area contributed by atoms with Gasteiger partial charge in [-0.2, -0.15) is 0 Å². The first-order valence-electron chi connectivity index (χ1n) is 5.69. The van der Waals surface area contributed by atoms with Crippen molar-refractivity contribution in [2.45, 2.75) is 13.0 Å². The summed E-state index contributed by atoms with van der Waals surface area (Å²) in [5.74, 6) is -0.167. The molecule has 4 nitrogen and oxygen atoms in total. The van der Waals surface area contributed by atoms with Crippen LogP contribution in [-0.4, -0.2) is 22.8 Å². The lowest BCUT2D eigenvalue weighted by molar-refractivity contribution is -0.139. The lowest BCUT2D eigenvalue weighted by Crippen LogP contribution is -2.10. The van der Waals surface area contributed by atoms with E-state index in [-0.39, 0.29) is 18.3 Å². The highest BCUT2D eigenvalue weighted by atomic mass is 16.5. The summed E-state index contributed by atoms with van der Waals surface area (Å²) in [6, 6.07) is 13.1. The highest BCUT2D eigenvalue weighted by Crippen LogP contribution is 2.18. The van der Waals surface area contributed by atoms with Gasteiger partial charge in [0, 0.05) is 5.69 Å². The Morgan fingerprint density at radius 2 is 1.94 bits per heavy atom. The molecule has 94 valence electrons. The number of aromatic nitrogens is 1. The molecule has 1 heterocycles. The monoisotopic (exact) mass is 245 g/mol. The van der Waals surface area contributed by atoms with Crippen molar-refractivity contribution < 1.29 is 14.6 Å². The van der Waals surface area contributed by atoms with Crippen LogP contribution in [0.15, 0.2) is 42.5 Å². The minimum Gasteiger partial charge on any atom is -0.494 e. The van der Waals surface area contributed by atoms with Gasteiger partial charge in [0.2, 0.25) is 0 Å². The third kappa shape index (κ3) is 2.71. The van der Waals surface area contributed by atoms with Crippen molar-refractivity contribution in [3.05, 3.63) is 53.7 Å². The zero-order chi connectivity index (χ0) is 13.0. The maximum Gasteiger partial charge on any atom is 0.311 e. The Hall–Kier alpha value is -2.23. The fraction of sp³-hybridized carbons (Fsp3) is 0.214. The molecule has 4 heteroatoms. The molecule has 2 rings (SSSR count). The summed E-state index contributed by atoms with van der Waals surface area (Å²) < 4.78 is 6.34. The second-order valence-corrected chi connectivity index (χ2v) is 4.01. The molecule has 0 saturated carbocycles. The Morgan fingerprint density at radius 1 is 1.22 bits per heavy atom. The fourth-order valence-electron chi connectivity index (χ4n) is 1.82. The molecule has 0 fully saturated rings. The molecule has 1 N–H and O–H groups in total. The Kier molecular flexibility index (Phi) is 3.67. The topological polar surface area (TPSA) is 51.5 Å². The molecule has 0 bridgehead atoms. The van der Waals surface area contributed by atoms with E-state index in [1.165, 1.54) is 7.11 Å². The predicted molar refractivity (Wildman–Crippen MR) is 67.4 cm³/mol. The van der Waals surface area contributed by atoms with Gasteiger partial charge >= 0.3 is 5.97 Å². The molecular weight excluding hydrogens is 230 g/mol. The van der Waals surface area contributed by atoms with E-state index in [0.717, 1.165) is 11.3 Å². The molecule has 0 unspecified atom stereocenters. The van der Waals surface area contributed by atoms with Crippen molar-refractivity contribution in [2.24, 2.45) is 0 Å². The number of carbonyl (C=O) groups is 1. The normalized spacial score (nSPS) is 10.3. The quantitative estimate of drug-likeness (QED) is 0.838. The molecule has 0 aliphatic rings. The number of hydrogen-bond acceptors (Lipinski definition) is 3. The molecular formula is C14H15NO3. The Balaban J connectivity index is 2.22. The minimum atomic E-state index is -0.317. The standard InChI is InChI=1S/C14H15NO3/c1-18-14(17)9-12-7-8-13(16)15(12)10-11-5-3-2-4-6-11/h2-8,16H,9-10H2,1H3. The molecule has 0 amide bonds. The molecule has 0 saturated heterocycles. The fourth-order valence-corrected chi connectivity index (χ4v) is 1.82. The van der Waals surface area contributed by atoms with Gasteiger partial charge in [0.05, 0.1) is 20.1 Å². The van der Waals surface area contributed by atoms with E-state index in [1.54, 1.807) is 16.7 Å². The number of aromatic hydroxyl groups is 1. The Bertz CT molecular complexity index is 531. The summed E-state index contributed by atoms with van der Waals surface area (Å²) in [6.45, 7) is 0.534. The van der Waals surface area contributed by atoms with Crippen LogP contribution in [0.1, 0.15) is 11.3 Å². The minimum absolute atomic E-state index is 0.151. The van der Waals surface area contributed by atoms with E-state index in [0.29, 0.717) is 6.54 Å². The summed E-state index contributed by atoms with van der Waals surface area (Å²) in [5.41, 5.74) is 1.80. The number of hydrogen-bond donors (Lipinski definition) is 1. The van der Waals surface area contributed by atoms with Crippen LogP contribution in [0.5, 0.6) is 5.88 Å². The second kappa shape index (κ2) is 5.40. The van der Waals surface area contributed by atoms with Crippen molar-refractivity contribution >= 4 is 5.97 Å². The van der Waals surface area contributed by atoms with Crippen LogP contribution in [0.4, 0.5) is 0 Å². The first kappa shape index (κ1) is 12.2. The number of ether oxygens (including phenoxy) is 1. The number of rotatable bonds is 4. The van der Waals surface area contributed by atoms with Crippen LogP contribution in [0.25, 0.3) is 0 Å². The molecule has 0 atom stereocenters. The van der Waals surface area contributed by atoms with Crippen molar-refractivity contribution in [3.63, 3.8) is 0 Å². The first-order chi connectivity index (χ1) is 8.70. The largest absolute Gasteiger partial charge is 0.494 e. The lowest BCUT2D eigenvalue weighted by atomic mass is 10.2. The first-order valence-corrected chi connectivity index (χ1v) is 5.69. The third-order valence-corrected chi connectivity index (χ3v) is 2.78. The van der Waals surface area contributed by atoms with Gasteiger partial charge in [-0.15, -0.1) is 0 Å². The average molecular weight is 245 g/mol. The molecule has 1 aromatic heterocycles. The molecule has 18 heavy (non-hydrogen) atoms. The van der Waals surface area contributed by atoms with Crippen LogP contribution in [0.3, 0.4) is 0 Å². The molecule has 2 aromatic rings. The Morgan fingerprint density at radius 3 is 2.61 bits per heavy atom. The van der Waals surface area contributed by atoms with Gasteiger partial charge in [-0.25, -0.2) is 0 Å². The van der Waals surface area contributed by atoms with Crippen molar-refractivity contribution in [3.8, 4) is 5.88 Å². The van der Waals surface area contributed by atoms with Crippen molar-refractivity contribution in [2.75, 3.05) is 7.11 Å². The van der Waals surface area contributed by atoms with Gasteiger partial charge in [-0.1, -0.05) is 30.3 Å². The summed E-state index contributed by atoms with van der Waals surface area (Å²) in [4.78, 5) is 11.3. The van der Waals surface area contributed by atoms with E-state index in [1.807, 2.05) is 30.3 Å². The van der Waals surface area contributed by atoms with Crippen LogP contribution in [0.2, 0.25) is 0 Å². The molecule has 0 aliphatic heterocycles. The van der Waals surface area contributed by atoms with E-state index < -0.39 is 0 Å². The van der Waals surface area contributed by atoms with Gasteiger partial charge in [0.15, 0.2) is 5.88 Å². The Labute approximate surface area is 105 Å². The van der Waals surface area contributed by atoms with Crippen LogP contribution in [-0.2, 0) is 22.5 Å². The summed E-state index contributed by atoms with van der Waals surface area (Å²) in [7, 11) is 1.35. The summed E-state index contributed by atoms with van der Waals surface area (Å²) in [5, 5.41) is 9.79. The van der Waals surface area contributed by atoms with Gasteiger partial charge < -0.3 is 14.4 Å². The number of methoxy groups -OCH3 is 1. The van der Waals surface area contributed by atoms with E-state index >= 15 is 0 Å². The summed E-state index contributed by atoms with van der Waals surface area (Å²) in [6.07, 6.45) is 0.157. The molecule has 0 aliphatic carbocycles. The zero-order valence-corrected chi connectivity index (χ0v) is 10.2. The molecule has 0 radical (unpaired) electrons. The zero-order valence-electron chi connectivity index (χ0n) is 10.2. The summed E-state index contributed by atoms with van der Waals surface area (Å²) >= 11 is 0. The lowest BCUT2D eigenvalue weighted by Gasteiger charge is -2.10. The number of nitrogens with zero attached hydrogens (tertiary/aromatic N) is 1. The molecule has 1 aromatic carbocycles. The highest BCUT2D eigenvalue weighted by Gasteiger charge is 2.11. The van der Waals surface area contributed by atoms with Crippen LogP contribution >= 0.6 is 0 Å². The maximum absolute atomic E-state index is 11.3. The molecule has 0 spiro atoms. The SMILES string of the molecule is COC(=O)Cc1ccc(O)n1Cc1ccccc1. The predicted octanol–water partition coefficient (Wildman–Crippen LogP) is 1.96. The number of carbonyl (C=O) groups excluding carboxylic acids is 1. The van der Waals surface area contributed by atoms with E-state index in [2.05, 4.69) is 4.74 Å².